The number of carbonyl (C=O) groups is 1. The van der Waals surface area contributed by atoms with Crippen LogP contribution in [-0.2, 0) is 10.0 Å². The van der Waals surface area contributed by atoms with Crippen LogP contribution in [0, 0.1) is 6.92 Å². The van der Waals surface area contributed by atoms with Crippen LogP contribution in [-0.4, -0.2) is 21.4 Å². The molecule has 0 aliphatic heterocycles. The zero-order valence-corrected chi connectivity index (χ0v) is 17.9. The molecule has 0 saturated heterocycles. The van der Waals surface area contributed by atoms with Gasteiger partial charge in [-0.1, -0.05) is 36.4 Å². The molecule has 0 spiro atoms. The Balaban J connectivity index is 1.77. The quantitative estimate of drug-likeness (QED) is 0.592. The van der Waals surface area contributed by atoms with Gasteiger partial charge in [-0.05, 0) is 61.4 Å². The Labute approximate surface area is 177 Å². The van der Waals surface area contributed by atoms with Crippen molar-refractivity contribution in [3.63, 3.8) is 0 Å². The molecule has 0 aliphatic carbocycles. The second-order valence-electron chi connectivity index (χ2n) is 6.92. The number of methoxy groups -OCH3 is 1. The Morgan fingerprint density at radius 3 is 2.27 bits per heavy atom. The molecular weight excluding hydrogens is 400 g/mol. The van der Waals surface area contributed by atoms with E-state index in [1.807, 2.05) is 31.2 Å². The average molecular weight is 425 g/mol. The summed E-state index contributed by atoms with van der Waals surface area (Å²) in [4.78, 5) is 12.9. The molecule has 3 aromatic carbocycles. The van der Waals surface area contributed by atoms with E-state index in [0.717, 1.165) is 11.3 Å². The van der Waals surface area contributed by atoms with E-state index >= 15 is 0 Å². The predicted molar refractivity (Wildman–Crippen MR) is 117 cm³/mol. The minimum atomic E-state index is -3.74. The highest BCUT2D eigenvalue weighted by Gasteiger charge is 2.17. The molecular formula is C23H24N2O4S. The van der Waals surface area contributed by atoms with Gasteiger partial charge in [0.1, 0.15) is 5.75 Å². The summed E-state index contributed by atoms with van der Waals surface area (Å²) in [6.07, 6.45) is 0. The summed E-state index contributed by atoms with van der Waals surface area (Å²) in [5, 5.41) is 2.93. The summed E-state index contributed by atoms with van der Waals surface area (Å²) >= 11 is 0. The summed E-state index contributed by atoms with van der Waals surface area (Å²) in [6, 6.07) is 20.3. The second-order valence-corrected chi connectivity index (χ2v) is 8.60. The number of hydrogen-bond donors (Lipinski definition) is 2. The standard InChI is InChI=1S/C23H24N2O4S/c1-16-9-10-19(15-22(16)25-30(27,28)21-7-5-4-6-8-21)23(26)24-17(2)18-11-13-20(29-3)14-12-18/h4-15,17,25H,1-3H3,(H,24,26)/t17-/m1/s1. The molecule has 30 heavy (non-hydrogen) atoms. The highest BCUT2D eigenvalue weighted by Crippen LogP contribution is 2.22. The van der Waals surface area contributed by atoms with Crippen molar-refractivity contribution in [2.45, 2.75) is 24.8 Å². The maximum Gasteiger partial charge on any atom is 0.261 e. The van der Waals surface area contributed by atoms with Gasteiger partial charge in [0.25, 0.3) is 15.9 Å². The first-order valence-electron chi connectivity index (χ1n) is 9.43. The van der Waals surface area contributed by atoms with Gasteiger partial charge in [-0.2, -0.15) is 0 Å². The highest BCUT2D eigenvalue weighted by atomic mass is 32.2. The van der Waals surface area contributed by atoms with Crippen LogP contribution in [0.5, 0.6) is 5.75 Å². The Kier molecular flexibility index (Phi) is 6.42. The molecule has 6 nitrogen and oxygen atoms in total. The molecule has 0 saturated carbocycles. The first kappa shape index (κ1) is 21.4. The van der Waals surface area contributed by atoms with Crippen molar-refractivity contribution in [2.75, 3.05) is 11.8 Å². The monoisotopic (exact) mass is 424 g/mol. The molecule has 0 heterocycles. The maximum absolute atomic E-state index is 12.7. The zero-order chi connectivity index (χ0) is 21.7. The van der Waals surface area contributed by atoms with Crippen molar-refractivity contribution in [3.8, 4) is 5.75 Å². The third-order valence-corrected chi connectivity index (χ3v) is 6.14. The van der Waals surface area contributed by atoms with Crippen molar-refractivity contribution < 1.29 is 17.9 Å². The minimum absolute atomic E-state index is 0.160. The lowest BCUT2D eigenvalue weighted by Gasteiger charge is -2.16. The fraction of sp³-hybridized carbons (Fsp3) is 0.174. The molecule has 156 valence electrons. The van der Waals surface area contributed by atoms with E-state index in [4.69, 9.17) is 4.74 Å². The van der Waals surface area contributed by atoms with Crippen LogP contribution >= 0.6 is 0 Å². The van der Waals surface area contributed by atoms with E-state index < -0.39 is 10.0 Å². The van der Waals surface area contributed by atoms with E-state index in [9.17, 15) is 13.2 Å². The summed E-state index contributed by atoms with van der Waals surface area (Å²) in [5.41, 5.74) is 2.38. The number of aryl methyl sites for hydroxylation is 1. The van der Waals surface area contributed by atoms with Gasteiger partial charge < -0.3 is 10.1 Å². The Morgan fingerprint density at radius 2 is 1.63 bits per heavy atom. The number of amides is 1. The van der Waals surface area contributed by atoms with Crippen LogP contribution in [0.1, 0.15) is 34.5 Å². The van der Waals surface area contributed by atoms with E-state index in [1.54, 1.807) is 50.4 Å². The van der Waals surface area contributed by atoms with Crippen molar-refractivity contribution in [3.05, 3.63) is 89.5 Å². The minimum Gasteiger partial charge on any atom is -0.497 e. The topological polar surface area (TPSA) is 84.5 Å². The largest absolute Gasteiger partial charge is 0.497 e. The van der Waals surface area contributed by atoms with Crippen LogP contribution in [0.25, 0.3) is 0 Å². The molecule has 0 radical (unpaired) electrons. The lowest BCUT2D eigenvalue weighted by atomic mass is 10.1. The molecule has 1 amide bonds. The van der Waals surface area contributed by atoms with E-state index in [-0.39, 0.29) is 16.8 Å². The third kappa shape index (κ3) is 4.99. The van der Waals surface area contributed by atoms with Crippen molar-refractivity contribution in [1.82, 2.24) is 5.32 Å². The van der Waals surface area contributed by atoms with Crippen LogP contribution in [0.4, 0.5) is 5.69 Å². The molecule has 2 N–H and O–H groups in total. The second kappa shape index (κ2) is 9.00. The highest BCUT2D eigenvalue weighted by molar-refractivity contribution is 7.92. The van der Waals surface area contributed by atoms with Crippen molar-refractivity contribution in [1.29, 1.82) is 0 Å². The number of sulfonamides is 1. The Bertz CT molecular complexity index is 1130. The number of hydrogen-bond acceptors (Lipinski definition) is 4. The maximum atomic E-state index is 12.7. The Morgan fingerprint density at radius 1 is 0.967 bits per heavy atom. The molecule has 0 fully saturated rings. The number of carbonyl (C=O) groups excluding carboxylic acids is 1. The molecule has 3 aromatic rings. The summed E-state index contributed by atoms with van der Waals surface area (Å²) < 4.78 is 33.0. The van der Waals surface area contributed by atoms with Crippen molar-refractivity contribution >= 4 is 21.6 Å². The number of anilines is 1. The smallest absolute Gasteiger partial charge is 0.261 e. The van der Waals surface area contributed by atoms with E-state index in [2.05, 4.69) is 10.0 Å². The van der Waals surface area contributed by atoms with E-state index in [1.165, 1.54) is 12.1 Å². The van der Waals surface area contributed by atoms with Crippen LogP contribution in [0.2, 0.25) is 0 Å². The molecule has 0 unspecified atom stereocenters. The fourth-order valence-corrected chi connectivity index (χ4v) is 4.08. The summed E-state index contributed by atoms with van der Waals surface area (Å²) in [5.74, 6) is 0.449. The predicted octanol–water partition coefficient (Wildman–Crippen LogP) is 4.30. The number of benzene rings is 3. The fourth-order valence-electron chi connectivity index (χ4n) is 2.93. The lowest BCUT2D eigenvalue weighted by Crippen LogP contribution is -2.26. The van der Waals surface area contributed by atoms with Gasteiger partial charge in [0.05, 0.1) is 23.7 Å². The van der Waals surface area contributed by atoms with Gasteiger partial charge in [-0.3, -0.25) is 9.52 Å². The molecule has 0 aromatic heterocycles. The number of rotatable bonds is 7. The molecule has 3 rings (SSSR count). The third-order valence-electron chi connectivity index (χ3n) is 4.76. The van der Waals surface area contributed by atoms with Gasteiger partial charge in [-0.15, -0.1) is 0 Å². The number of ether oxygens (including phenoxy) is 1. The first-order chi connectivity index (χ1) is 14.3. The van der Waals surface area contributed by atoms with Crippen LogP contribution in [0.3, 0.4) is 0 Å². The van der Waals surface area contributed by atoms with Gasteiger partial charge in [0.15, 0.2) is 0 Å². The van der Waals surface area contributed by atoms with E-state index in [0.29, 0.717) is 16.8 Å². The average Bonchev–Trinajstić information content (AvgIpc) is 2.75. The van der Waals surface area contributed by atoms with Gasteiger partial charge in [0, 0.05) is 5.56 Å². The zero-order valence-electron chi connectivity index (χ0n) is 17.0. The molecule has 0 aliphatic rings. The first-order valence-corrected chi connectivity index (χ1v) is 10.9. The van der Waals surface area contributed by atoms with Crippen molar-refractivity contribution in [2.24, 2.45) is 0 Å². The Hall–Kier alpha value is -3.32. The SMILES string of the molecule is COc1ccc([C@@H](C)NC(=O)c2ccc(C)c(NS(=O)(=O)c3ccccc3)c2)cc1. The lowest BCUT2D eigenvalue weighted by molar-refractivity contribution is 0.0940. The van der Waals surface area contributed by atoms with Gasteiger partial charge >= 0.3 is 0 Å². The van der Waals surface area contributed by atoms with Gasteiger partial charge in [-0.25, -0.2) is 8.42 Å². The molecule has 1 atom stereocenters. The summed E-state index contributed by atoms with van der Waals surface area (Å²) in [7, 11) is -2.15. The number of nitrogens with one attached hydrogen (secondary N) is 2. The molecule has 0 bridgehead atoms. The molecule has 7 heteroatoms. The van der Waals surface area contributed by atoms with Gasteiger partial charge in [0.2, 0.25) is 0 Å². The van der Waals surface area contributed by atoms with Crippen LogP contribution < -0.4 is 14.8 Å². The van der Waals surface area contributed by atoms with Crippen LogP contribution in [0.15, 0.2) is 77.7 Å². The summed E-state index contributed by atoms with van der Waals surface area (Å²) in [6.45, 7) is 3.66. The normalized spacial score (nSPS) is 12.1.